The summed E-state index contributed by atoms with van der Waals surface area (Å²) in [5.74, 6) is -2.27. The number of hydrogen-bond donors (Lipinski definition) is 2. The smallest absolute Gasteiger partial charge is 0.243 e. The van der Waals surface area contributed by atoms with Crippen molar-refractivity contribution in [3.63, 3.8) is 0 Å². The van der Waals surface area contributed by atoms with E-state index in [9.17, 15) is 17.2 Å². The second-order valence-corrected chi connectivity index (χ2v) is 6.00. The Morgan fingerprint density at radius 2 is 2.16 bits per heavy atom. The third-order valence-electron chi connectivity index (χ3n) is 2.91. The maximum Gasteiger partial charge on any atom is 0.243 e. The maximum atomic E-state index is 13.6. The third-order valence-corrected chi connectivity index (χ3v) is 4.35. The molecule has 1 fully saturated rings. The molecule has 0 amide bonds. The van der Waals surface area contributed by atoms with Gasteiger partial charge in [-0.3, -0.25) is 0 Å². The van der Waals surface area contributed by atoms with E-state index in [1.54, 1.807) is 0 Å². The molecule has 3 N–H and O–H groups in total. The van der Waals surface area contributed by atoms with Crippen LogP contribution in [-0.2, 0) is 14.8 Å². The van der Waals surface area contributed by atoms with E-state index in [1.165, 1.54) is 0 Å². The van der Waals surface area contributed by atoms with Gasteiger partial charge in [0, 0.05) is 13.2 Å². The molecule has 2 rings (SSSR count). The third kappa shape index (κ3) is 3.02. The van der Waals surface area contributed by atoms with Crippen LogP contribution in [0.25, 0.3) is 0 Å². The maximum absolute atomic E-state index is 13.6. The lowest BCUT2D eigenvalue weighted by Crippen LogP contribution is -2.32. The number of benzene rings is 1. The Morgan fingerprint density at radius 3 is 2.79 bits per heavy atom. The summed E-state index contributed by atoms with van der Waals surface area (Å²) in [5, 5.41) is 0. The number of nitrogen functional groups attached to an aromatic ring is 1. The fourth-order valence-corrected chi connectivity index (χ4v) is 3.00. The monoisotopic (exact) mass is 292 g/mol. The lowest BCUT2D eigenvalue weighted by Gasteiger charge is -2.12. The summed E-state index contributed by atoms with van der Waals surface area (Å²) < 4.78 is 57.9. The van der Waals surface area contributed by atoms with Gasteiger partial charge in [-0.05, 0) is 25.0 Å². The van der Waals surface area contributed by atoms with Gasteiger partial charge in [-0.2, -0.15) is 0 Å². The first-order chi connectivity index (χ1) is 8.92. The molecule has 1 aliphatic heterocycles. The second kappa shape index (κ2) is 5.40. The lowest BCUT2D eigenvalue weighted by atomic mass is 10.2. The highest BCUT2D eigenvalue weighted by atomic mass is 32.2. The number of hydrogen-bond acceptors (Lipinski definition) is 4. The Kier molecular flexibility index (Phi) is 4.02. The summed E-state index contributed by atoms with van der Waals surface area (Å²) in [5.41, 5.74) is 4.33. The quantitative estimate of drug-likeness (QED) is 0.811. The standard InChI is InChI=1S/C11H14F2N2O3S/c12-8-3-4-9(10(13)11(8)14)19(16,17)15-6-7-2-1-5-18-7/h3-4,7,15H,1-2,5-6,14H2. The van der Waals surface area contributed by atoms with E-state index in [0.717, 1.165) is 25.0 Å². The van der Waals surface area contributed by atoms with Crippen molar-refractivity contribution in [1.29, 1.82) is 0 Å². The summed E-state index contributed by atoms with van der Waals surface area (Å²) in [4.78, 5) is -0.663. The minimum absolute atomic E-state index is 0.0546. The molecule has 0 saturated carbocycles. The highest BCUT2D eigenvalue weighted by Crippen LogP contribution is 2.22. The topological polar surface area (TPSA) is 81.4 Å². The predicted molar refractivity (Wildman–Crippen MR) is 64.9 cm³/mol. The zero-order chi connectivity index (χ0) is 14.0. The van der Waals surface area contributed by atoms with Gasteiger partial charge in [0.15, 0.2) is 5.82 Å². The molecule has 19 heavy (non-hydrogen) atoms. The molecular weight excluding hydrogens is 278 g/mol. The number of halogens is 2. The predicted octanol–water partition coefficient (Wildman–Crippen LogP) is 1.00. The van der Waals surface area contributed by atoms with E-state index in [0.29, 0.717) is 6.61 Å². The largest absolute Gasteiger partial charge is 0.394 e. The van der Waals surface area contributed by atoms with Gasteiger partial charge in [-0.1, -0.05) is 0 Å². The molecule has 8 heteroatoms. The molecule has 5 nitrogen and oxygen atoms in total. The fraction of sp³-hybridized carbons (Fsp3) is 0.455. The van der Waals surface area contributed by atoms with Crippen molar-refractivity contribution < 1.29 is 21.9 Å². The molecule has 0 aromatic heterocycles. The number of nitrogens with two attached hydrogens (primary N) is 1. The van der Waals surface area contributed by atoms with Crippen molar-refractivity contribution in [3.8, 4) is 0 Å². The highest BCUT2D eigenvalue weighted by molar-refractivity contribution is 7.89. The zero-order valence-corrected chi connectivity index (χ0v) is 10.8. The molecule has 1 heterocycles. The van der Waals surface area contributed by atoms with Gasteiger partial charge in [0.25, 0.3) is 0 Å². The average molecular weight is 292 g/mol. The van der Waals surface area contributed by atoms with E-state index in [2.05, 4.69) is 4.72 Å². The van der Waals surface area contributed by atoms with Crippen LogP contribution in [0.3, 0.4) is 0 Å². The molecule has 1 aromatic rings. The highest BCUT2D eigenvalue weighted by Gasteiger charge is 2.24. The number of nitrogens with one attached hydrogen (secondary N) is 1. The Labute approximate surface area is 109 Å². The van der Waals surface area contributed by atoms with Crippen molar-refractivity contribution >= 4 is 15.7 Å². The Balaban J connectivity index is 2.17. The molecule has 1 aliphatic rings. The van der Waals surface area contributed by atoms with Crippen molar-refractivity contribution in [2.75, 3.05) is 18.9 Å². The molecule has 0 aliphatic carbocycles. The molecule has 0 bridgehead atoms. The van der Waals surface area contributed by atoms with E-state index >= 15 is 0 Å². The van der Waals surface area contributed by atoms with Crippen LogP contribution >= 0.6 is 0 Å². The van der Waals surface area contributed by atoms with Crippen LogP contribution in [0.4, 0.5) is 14.5 Å². The minimum atomic E-state index is -4.07. The van der Waals surface area contributed by atoms with Gasteiger partial charge in [-0.15, -0.1) is 0 Å². The summed E-state index contributed by atoms with van der Waals surface area (Å²) in [6.07, 6.45) is 1.40. The minimum Gasteiger partial charge on any atom is -0.394 e. The Hall–Kier alpha value is -1.25. The lowest BCUT2D eigenvalue weighted by molar-refractivity contribution is 0.114. The molecular formula is C11H14F2N2O3S. The Morgan fingerprint density at radius 1 is 1.42 bits per heavy atom. The van der Waals surface area contributed by atoms with Crippen LogP contribution in [0.15, 0.2) is 17.0 Å². The molecule has 1 atom stereocenters. The van der Waals surface area contributed by atoms with Crippen LogP contribution < -0.4 is 10.5 Å². The van der Waals surface area contributed by atoms with Gasteiger partial charge in [0.05, 0.1) is 6.10 Å². The average Bonchev–Trinajstić information content (AvgIpc) is 2.86. The first kappa shape index (κ1) is 14.2. The molecule has 0 spiro atoms. The first-order valence-corrected chi connectivity index (χ1v) is 7.25. The number of ether oxygens (including phenoxy) is 1. The van der Waals surface area contributed by atoms with Crippen LogP contribution in [0.2, 0.25) is 0 Å². The van der Waals surface area contributed by atoms with Gasteiger partial charge >= 0.3 is 0 Å². The SMILES string of the molecule is Nc1c(F)ccc(S(=O)(=O)NCC2CCCO2)c1F. The molecule has 1 aromatic carbocycles. The van der Waals surface area contributed by atoms with Crippen LogP contribution in [0, 0.1) is 11.6 Å². The van der Waals surface area contributed by atoms with E-state index in [1.807, 2.05) is 0 Å². The summed E-state index contributed by atoms with van der Waals surface area (Å²) in [6.45, 7) is 0.642. The zero-order valence-electron chi connectivity index (χ0n) is 10.0. The number of anilines is 1. The normalized spacial score (nSPS) is 19.8. The van der Waals surface area contributed by atoms with Crippen molar-refractivity contribution in [2.24, 2.45) is 0 Å². The molecule has 1 saturated heterocycles. The van der Waals surface area contributed by atoms with Crippen molar-refractivity contribution in [2.45, 2.75) is 23.8 Å². The molecule has 1 unspecified atom stereocenters. The summed E-state index contributed by atoms with van der Waals surface area (Å²) in [6, 6.07) is 1.66. The van der Waals surface area contributed by atoms with Crippen molar-refractivity contribution in [3.05, 3.63) is 23.8 Å². The van der Waals surface area contributed by atoms with Gasteiger partial charge in [-0.25, -0.2) is 21.9 Å². The molecule has 0 radical (unpaired) electrons. The van der Waals surface area contributed by atoms with Crippen LogP contribution in [-0.4, -0.2) is 27.7 Å². The first-order valence-electron chi connectivity index (χ1n) is 5.76. The second-order valence-electron chi connectivity index (χ2n) is 4.26. The van der Waals surface area contributed by atoms with Crippen LogP contribution in [0.1, 0.15) is 12.8 Å². The number of rotatable bonds is 4. The van der Waals surface area contributed by atoms with Gasteiger partial charge in [0.1, 0.15) is 16.4 Å². The fourth-order valence-electron chi connectivity index (χ4n) is 1.84. The van der Waals surface area contributed by atoms with E-state index < -0.39 is 32.2 Å². The van der Waals surface area contributed by atoms with Crippen molar-refractivity contribution in [1.82, 2.24) is 4.72 Å². The molecule has 106 valence electrons. The van der Waals surface area contributed by atoms with E-state index in [4.69, 9.17) is 10.5 Å². The Bertz CT molecular complexity index is 572. The van der Waals surface area contributed by atoms with Gasteiger partial charge in [0.2, 0.25) is 10.0 Å². The van der Waals surface area contributed by atoms with Crippen LogP contribution in [0.5, 0.6) is 0 Å². The number of sulfonamides is 1. The van der Waals surface area contributed by atoms with E-state index in [-0.39, 0.29) is 12.6 Å². The van der Waals surface area contributed by atoms with Gasteiger partial charge < -0.3 is 10.5 Å². The summed E-state index contributed by atoms with van der Waals surface area (Å²) in [7, 11) is -4.07. The summed E-state index contributed by atoms with van der Waals surface area (Å²) >= 11 is 0.